The molecular formula is C11H10FNO2. The van der Waals surface area contributed by atoms with Crippen LogP contribution in [0.5, 0.6) is 5.75 Å². The number of hydrogen-bond acceptors (Lipinski definition) is 3. The van der Waals surface area contributed by atoms with Gasteiger partial charge in [0.15, 0.2) is 5.78 Å². The molecule has 0 aliphatic carbocycles. The number of hydrogen-bond donors (Lipinski definition) is 0. The predicted molar refractivity (Wildman–Crippen MR) is 52.3 cm³/mol. The predicted octanol–water partition coefficient (Wildman–Crippen LogP) is 2.30. The van der Waals surface area contributed by atoms with Gasteiger partial charge in [-0.05, 0) is 26.0 Å². The van der Waals surface area contributed by atoms with Crippen molar-refractivity contribution in [2.75, 3.05) is 6.61 Å². The van der Waals surface area contributed by atoms with Crippen molar-refractivity contribution in [3.8, 4) is 11.8 Å². The Bertz CT molecular complexity index is 435. The highest BCUT2D eigenvalue weighted by molar-refractivity contribution is 5.95. The molecule has 0 saturated heterocycles. The fourth-order valence-electron chi connectivity index (χ4n) is 1.19. The summed E-state index contributed by atoms with van der Waals surface area (Å²) in [5.41, 5.74) is 0.0387. The molecule has 0 saturated carbocycles. The molecule has 0 spiro atoms. The van der Waals surface area contributed by atoms with Crippen molar-refractivity contribution in [2.24, 2.45) is 0 Å². The molecule has 0 amide bonds. The van der Waals surface area contributed by atoms with E-state index in [2.05, 4.69) is 0 Å². The van der Waals surface area contributed by atoms with E-state index in [9.17, 15) is 9.18 Å². The lowest BCUT2D eigenvalue weighted by atomic mass is 10.1. The van der Waals surface area contributed by atoms with E-state index in [1.165, 1.54) is 13.0 Å². The summed E-state index contributed by atoms with van der Waals surface area (Å²) >= 11 is 0. The van der Waals surface area contributed by atoms with Crippen LogP contribution in [0.15, 0.2) is 12.1 Å². The second kappa shape index (κ2) is 4.56. The molecule has 4 heteroatoms. The minimum Gasteiger partial charge on any atom is -0.492 e. The maximum absolute atomic E-state index is 13.3. The first-order valence-corrected chi connectivity index (χ1v) is 4.47. The van der Waals surface area contributed by atoms with Gasteiger partial charge in [-0.2, -0.15) is 5.26 Å². The van der Waals surface area contributed by atoms with Crippen LogP contribution in [0.2, 0.25) is 0 Å². The third-order valence-corrected chi connectivity index (χ3v) is 1.87. The van der Waals surface area contributed by atoms with E-state index < -0.39 is 11.6 Å². The van der Waals surface area contributed by atoms with Gasteiger partial charge in [0.25, 0.3) is 0 Å². The van der Waals surface area contributed by atoms with E-state index in [0.29, 0.717) is 6.61 Å². The van der Waals surface area contributed by atoms with Gasteiger partial charge in [0.1, 0.15) is 17.6 Å². The van der Waals surface area contributed by atoms with Crippen LogP contribution in [0.3, 0.4) is 0 Å². The standard InChI is InChI=1S/C11H10FNO2/c1-3-15-11-5-9(7(2)14)10(12)4-8(11)6-13/h4-5H,3H2,1-2H3. The first kappa shape index (κ1) is 11.2. The molecule has 0 atom stereocenters. The SMILES string of the molecule is CCOc1cc(C(C)=O)c(F)cc1C#N. The van der Waals surface area contributed by atoms with Gasteiger partial charge in [-0.15, -0.1) is 0 Å². The third-order valence-electron chi connectivity index (χ3n) is 1.87. The summed E-state index contributed by atoms with van der Waals surface area (Å²) in [4.78, 5) is 11.0. The molecule has 0 N–H and O–H groups in total. The summed E-state index contributed by atoms with van der Waals surface area (Å²) in [7, 11) is 0. The number of rotatable bonds is 3. The lowest BCUT2D eigenvalue weighted by Crippen LogP contribution is -2.02. The number of carbonyl (C=O) groups excluding carboxylic acids is 1. The molecule has 1 aromatic rings. The van der Waals surface area contributed by atoms with Gasteiger partial charge in [-0.3, -0.25) is 4.79 Å². The Labute approximate surface area is 87.1 Å². The highest BCUT2D eigenvalue weighted by Crippen LogP contribution is 2.22. The van der Waals surface area contributed by atoms with Gasteiger partial charge in [0, 0.05) is 0 Å². The van der Waals surface area contributed by atoms with Crippen LogP contribution in [0.25, 0.3) is 0 Å². The summed E-state index contributed by atoms with van der Waals surface area (Å²) in [6.07, 6.45) is 0. The maximum Gasteiger partial charge on any atom is 0.162 e. The molecule has 0 unspecified atom stereocenters. The molecule has 0 aromatic heterocycles. The van der Waals surface area contributed by atoms with Gasteiger partial charge in [0.05, 0.1) is 17.7 Å². The number of halogens is 1. The number of carbonyl (C=O) groups is 1. The fourth-order valence-corrected chi connectivity index (χ4v) is 1.19. The van der Waals surface area contributed by atoms with E-state index in [0.717, 1.165) is 6.07 Å². The zero-order valence-corrected chi connectivity index (χ0v) is 8.50. The van der Waals surface area contributed by atoms with E-state index in [4.69, 9.17) is 10.00 Å². The molecule has 1 rings (SSSR count). The number of ether oxygens (including phenoxy) is 1. The summed E-state index contributed by atoms with van der Waals surface area (Å²) in [6, 6.07) is 4.09. The lowest BCUT2D eigenvalue weighted by Gasteiger charge is -2.07. The number of ketones is 1. The number of Topliss-reactive ketones (excluding diaryl/α,β-unsaturated/α-hetero) is 1. The van der Waals surface area contributed by atoms with E-state index in [-0.39, 0.29) is 16.9 Å². The van der Waals surface area contributed by atoms with Crippen molar-refractivity contribution >= 4 is 5.78 Å². The average molecular weight is 207 g/mol. The molecule has 0 heterocycles. The zero-order valence-electron chi connectivity index (χ0n) is 8.50. The monoisotopic (exact) mass is 207 g/mol. The second-order valence-electron chi connectivity index (χ2n) is 2.93. The normalized spacial score (nSPS) is 9.47. The van der Waals surface area contributed by atoms with Crippen LogP contribution in [-0.2, 0) is 0 Å². The average Bonchev–Trinajstić information content (AvgIpc) is 2.20. The van der Waals surface area contributed by atoms with Gasteiger partial charge in [-0.1, -0.05) is 0 Å². The summed E-state index contributed by atoms with van der Waals surface area (Å²) in [5.74, 6) is -0.841. The number of nitriles is 1. The highest BCUT2D eigenvalue weighted by Gasteiger charge is 2.13. The molecule has 0 bridgehead atoms. The van der Waals surface area contributed by atoms with Gasteiger partial charge >= 0.3 is 0 Å². The van der Waals surface area contributed by atoms with E-state index >= 15 is 0 Å². The Balaban J connectivity index is 3.31. The third kappa shape index (κ3) is 2.32. The van der Waals surface area contributed by atoms with Crippen LogP contribution in [0.4, 0.5) is 4.39 Å². The molecule has 3 nitrogen and oxygen atoms in total. The van der Waals surface area contributed by atoms with Crippen molar-refractivity contribution in [2.45, 2.75) is 13.8 Å². The Kier molecular flexibility index (Phi) is 3.40. The second-order valence-corrected chi connectivity index (χ2v) is 2.93. The Morgan fingerprint density at radius 2 is 2.27 bits per heavy atom. The first-order chi connectivity index (χ1) is 7.10. The van der Waals surface area contributed by atoms with E-state index in [1.807, 2.05) is 6.07 Å². The molecule has 1 aromatic carbocycles. The quantitative estimate of drug-likeness (QED) is 0.714. The van der Waals surface area contributed by atoms with Crippen molar-refractivity contribution in [1.29, 1.82) is 5.26 Å². The minimum atomic E-state index is -0.692. The van der Waals surface area contributed by atoms with Gasteiger partial charge < -0.3 is 4.74 Å². The fraction of sp³-hybridized carbons (Fsp3) is 0.273. The van der Waals surface area contributed by atoms with Crippen LogP contribution in [0, 0.1) is 17.1 Å². The van der Waals surface area contributed by atoms with Crippen molar-refractivity contribution in [3.05, 3.63) is 29.1 Å². The van der Waals surface area contributed by atoms with Crippen molar-refractivity contribution in [3.63, 3.8) is 0 Å². The summed E-state index contributed by atoms with van der Waals surface area (Å²) in [6.45, 7) is 3.37. The maximum atomic E-state index is 13.3. The minimum absolute atomic E-state index is 0.0579. The molecule has 0 aliphatic heterocycles. The lowest BCUT2D eigenvalue weighted by molar-refractivity contribution is 0.101. The molecule has 0 radical (unpaired) electrons. The first-order valence-electron chi connectivity index (χ1n) is 4.47. The van der Waals surface area contributed by atoms with Crippen LogP contribution < -0.4 is 4.74 Å². The summed E-state index contributed by atoms with van der Waals surface area (Å²) in [5, 5.41) is 8.72. The Morgan fingerprint density at radius 3 is 2.73 bits per heavy atom. The van der Waals surface area contributed by atoms with Crippen LogP contribution in [0.1, 0.15) is 29.8 Å². The Morgan fingerprint density at radius 1 is 1.60 bits per heavy atom. The topological polar surface area (TPSA) is 50.1 Å². The smallest absolute Gasteiger partial charge is 0.162 e. The molecular weight excluding hydrogens is 197 g/mol. The van der Waals surface area contributed by atoms with Gasteiger partial charge in [-0.25, -0.2) is 4.39 Å². The summed E-state index contributed by atoms with van der Waals surface area (Å²) < 4.78 is 18.4. The van der Waals surface area contributed by atoms with Crippen LogP contribution >= 0.6 is 0 Å². The Hall–Kier alpha value is -1.89. The zero-order chi connectivity index (χ0) is 11.4. The van der Waals surface area contributed by atoms with Crippen molar-refractivity contribution in [1.82, 2.24) is 0 Å². The van der Waals surface area contributed by atoms with Gasteiger partial charge in [0.2, 0.25) is 0 Å². The molecule has 15 heavy (non-hydrogen) atoms. The van der Waals surface area contributed by atoms with Crippen molar-refractivity contribution < 1.29 is 13.9 Å². The molecule has 78 valence electrons. The molecule has 0 aliphatic rings. The van der Waals surface area contributed by atoms with E-state index in [1.54, 1.807) is 6.92 Å². The largest absolute Gasteiger partial charge is 0.492 e. The van der Waals surface area contributed by atoms with Crippen LogP contribution in [-0.4, -0.2) is 12.4 Å². The number of benzene rings is 1. The number of nitrogens with zero attached hydrogens (tertiary/aromatic N) is 1. The highest BCUT2D eigenvalue weighted by atomic mass is 19.1. The molecule has 0 fully saturated rings.